The molecule has 0 saturated carbocycles. The molecule has 1 aromatic heterocycles. The highest BCUT2D eigenvalue weighted by molar-refractivity contribution is 7.18. The van der Waals surface area contributed by atoms with E-state index < -0.39 is 6.10 Å². The van der Waals surface area contributed by atoms with Crippen LogP contribution in [0.15, 0.2) is 48.5 Å². The number of aliphatic hydroxyl groups is 1. The number of likely N-dealkylation sites (N-methyl/N-ethyl adjacent to an activating group) is 1. The fourth-order valence-electron chi connectivity index (χ4n) is 2.37. The largest absolute Gasteiger partial charge is 0.387 e. The maximum absolute atomic E-state index is 12.9. The molecule has 3 nitrogen and oxygen atoms in total. The lowest BCUT2D eigenvalue weighted by Crippen LogP contribution is -2.24. The topological polar surface area (TPSA) is 36.4 Å². The van der Waals surface area contributed by atoms with Gasteiger partial charge in [-0.05, 0) is 36.9 Å². The van der Waals surface area contributed by atoms with E-state index in [1.54, 1.807) is 23.5 Å². The Morgan fingerprint density at radius 2 is 1.91 bits per heavy atom. The van der Waals surface area contributed by atoms with Crippen LogP contribution < -0.4 is 0 Å². The van der Waals surface area contributed by atoms with Gasteiger partial charge < -0.3 is 5.11 Å². The number of fused-ring (bicyclic) bond motifs is 1. The summed E-state index contributed by atoms with van der Waals surface area (Å²) in [5, 5.41) is 11.2. The van der Waals surface area contributed by atoms with Crippen LogP contribution in [0.1, 0.15) is 16.7 Å². The van der Waals surface area contributed by atoms with Crippen LogP contribution in [0.25, 0.3) is 10.2 Å². The van der Waals surface area contributed by atoms with E-state index in [0.717, 1.165) is 16.1 Å². The van der Waals surface area contributed by atoms with Crippen LogP contribution in [0, 0.1) is 5.82 Å². The summed E-state index contributed by atoms with van der Waals surface area (Å²) in [6.07, 6.45) is -0.639. The summed E-state index contributed by atoms with van der Waals surface area (Å²) in [5.74, 6) is -0.293. The Bertz CT molecular complexity index is 724. The van der Waals surface area contributed by atoms with Crippen LogP contribution in [0.2, 0.25) is 0 Å². The van der Waals surface area contributed by atoms with Gasteiger partial charge in [0, 0.05) is 6.54 Å². The van der Waals surface area contributed by atoms with Gasteiger partial charge in [-0.25, -0.2) is 9.37 Å². The van der Waals surface area contributed by atoms with E-state index in [2.05, 4.69) is 11.1 Å². The summed E-state index contributed by atoms with van der Waals surface area (Å²) in [6, 6.07) is 14.0. The molecule has 5 heteroatoms. The average Bonchev–Trinajstić information content (AvgIpc) is 2.89. The van der Waals surface area contributed by atoms with Crippen molar-refractivity contribution < 1.29 is 9.50 Å². The maximum atomic E-state index is 12.9. The van der Waals surface area contributed by atoms with Crippen LogP contribution in [0.3, 0.4) is 0 Å². The van der Waals surface area contributed by atoms with E-state index in [4.69, 9.17) is 0 Å². The molecule has 0 fully saturated rings. The number of benzene rings is 2. The minimum Gasteiger partial charge on any atom is -0.387 e. The summed E-state index contributed by atoms with van der Waals surface area (Å²) in [7, 11) is 1.94. The lowest BCUT2D eigenvalue weighted by molar-refractivity contribution is 0.124. The minimum absolute atomic E-state index is 0.293. The first-order chi connectivity index (χ1) is 10.6. The van der Waals surface area contributed by atoms with E-state index in [9.17, 15) is 9.50 Å². The van der Waals surface area contributed by atoms with Crippen molar-refractivity contribution in [2.75, 3.05) is 13.6 Å². The van der Waals surface area contributed by atoms with Crippen LogP contribution in [0.5, 0.6) is 0 Å². The van der Waals surface area contributed by atoms with Crippen molar-refractivity contribution in [1.29, 1.82) is 0 Å². The Morgan fingerprint density at radius 1 is 1.18 bits per heavy atom. The van der Waals surface area contributed by atoms with Gasteiger partial charge in [-0.15, -0.1) is 11.3 Å². The van der Waals surface area contributed by atoms with Crippen LogP contribution in [-0.2, 0) is 6.54 Å². The lowest BCUT2D eigenvalue weighted by atomic mass is 10.1. The lowest BCUT2D eigenvalue weighted by Gasteiger charge is -2.19. The first kappa shape index (κ1) is 15.1. The van der Waals surface area contributed by atoms with Gasteiger partial charge >= 0.3 is 0 Å². The minimum atomic E-state index is -0.639. The number of nitrogens with zero attached hydrogens (tertiary/aromatic N) is 2. The molecule has 0 aliphatic heterocycles. The first-order valence-corrected chi connectivity index (χ1v) is 7.90. The van der Waals surface area contributed by atoms with Gasteiger partial charge in [-0.2, -0.15) is 0 Å². The standard InChI is InChI=1S/C17H17FN2OS/c1-20(10-15(21)12-6-8-13(18)9-7-12)11-17-19-14-4-2-3-5-16(14)22-17/h2-9,15,21H,10-11H2,1H3. The molecule has 22 heavy (non-hydrogen) atoms. The van der Waals surface area contributed by atoms with Crippen molar-refractivity contribution in [2.45, 2.75) is 12.6 Å². The number of para-hydroxylation sites is 1. The zero-order valence-electron chi connectivity index (χ0n) is 12.2. The van der Waals surface area contributed by atoms with E-state index in [0.29, 0.717) is 13.1 Å². The average molecular weight is 316 g/mol. The summed E-state index contributed by atoms with van der Waals surface area (Å²) in [6.45, 7) is 1.15. The first-order valence-electron chi connectivity index (χ1n) is 7.08. The van der Waals surface area contributed by atoms with Gasteiger partial charge in [0.2, 0.25) is 0 Å². The zero-order chi connectivity index (χ0) is 15.5. The van der Waals surface area contributed by atoms with Gasteiger partial charge in [0.25, 0.3) is 0 Å². The van der Waals surface area contributed by atoms with E-state index in [1.807, 2.05) is 30.1 Å². The SMILES string of the molecule is CN(Cc1nc2ccccc2s1)CC(O)c1ccc(F)cc1. The molecular weight excluding hydrogens is 299 g/mol. The zero-order valence-corrected chi connectivity index (χ0v) is 13.1. The predicted octanol–water partition coefficient (Wildman–Crippen LogP) is 3.60. The summed E-state index contributed by atoms with van der Waals surface area (Å²) in [4.78, 5) is 6.61. The summed E-state index contributed by atoms with van der Waals surface area (Å²) in [5.41, 5.74) is 1.73. The molecule has 1 atom stereocenters. The van der Waals surface area contributed by atoms with Gasteiger partial charge in [0.05, 0.1) is 22.9 Å². The highest BCUT2D eigenvalue weighted by Gasteiger charge is 2.13. The molecule has 0 bridgehead atoms. The Labute approximate surface area is 132 Å². The van der Waals surface area contributed by atoms with Crippen molar-refractivity contribution in [1.82, 2.24) is 9.88 Å². The molecule has 3 rings (SSSR count). The molecule has 0 radical (unpaired) electrons. The van der Waals surface area contributed by atoms with Crippen molar-refractivity contribution in [3.63, 3.8) is 0 Å². The Hall–Kier alpha value is -1.82. The fraction of sp³-hybridized carbons (Fsp3) is 0.235. The highest BCUT2D eigenvalue weighted by Crippen LogP contribution is 2.23. The maximum Gasteiger partial charge on any atom is 0.123 e. The molecule has 0 aliphatic rings. The molecule has 1 unspecified atom stereocenters. The Balaban J connectivity index is 1.64. The van der Waals surface area contributed by atoms with Crippen molar-refractivity contribution in [3.8, 4) is 0 Å². The molecule has 2 aromatic carbocycles. The molecule has 0 amide bonds. The normalized spacial score (nSPS) is 12.9. The Morgan fingerprint density at radius 3 is 2.64 bits per heavy atom. The molecule has 1 heterocycles. The number of aliphatic hydroxyl groups excluding tert-OH is 1. The second-order valence-electron chi connectivity index (χ2n) is 5.34. The second-order valence-corrected chi connectivity index (χ2v) is 6.45. The smallest absolute Gasteiger partial charge is 0.123 e. The van der Waals surface area contributed by atoms with E-state index in [-0.39, 0.29) is 5.82 Å². The molecule has 114 valence electrons. The predicted molar refractivity (Wildman–Crippen MR) is 87.3 cm³/mol. The van der Waals surface area contributed by atoms with E-state index >= 15 is 0 Å². The number of thiazole rings is 1. The summed E-state index contributed by atoms with van der Waals surface area (Å²) < 4.78 is 14.1. The number of hydrogen-bond donors (Lipinski definition) is 1. The molecule has 0 saturated heterocycles. The Kier molecular flexibility index (Phi) is 4.47. The molecule has 3 aromatic rings. The van der Waals surface area contributed by atoms with Crippen LogP contribution >= 0.6 is 11.3 Å². The molecular formula is C17H17FN2OS. The van der Waals surface area contributed by atoms with Gasteiger partial charge in [0.15, 0.2) is 0 Å². The van der Waals surface area contributed by atoms with Gasteiger partial charge in [-0.1, -0.05) is 24.3 Å². The second kappa shape index (κ2) is 6.52. The third kappa shape index (κ3) is 3.50. The number of hydrogen-bond acceptors (Lipinski definition) is 4. The third-order valence-electron chi connectivity index (χ3n) is 3.48. The third-order valence-corrected chi connectivity index (χ3v) is 4.50. The van der Waals surface area contributed by atoms with Gasteiger partial charge in [-0.3, -0.25) is 4.90 Å². The highest BCUT2D eigenvalue weighted by atomic mass is 32.1. The van der Waals surface area contributed by atoms with Crippen molar-refractivity contribution >= 4 is 21.6 Å². The van der Waals surface area contributed by atoms with Crippen LogP contribution in [0.4, 0.5) is 4.39 Å². The van der Waals surface area contributed by atoms with Crippen molar-refractivity contribution in [3.05, 3.63) is 64.9 Å². The van der Waals surface area contributed by atoms with Crippen LogP contribution in [-0.4, -0.2) is 28.6 Å². The number of aromatic nitrogens is 1. The summed E-state index contributed by atoms with van der Waals surface area (Å²) >= 11 is 1.67. The number of halogens is 1. The quantitative estimate of drug-likeness (QED) is 0.781. The van der Waals surface area contributed by atoms with Gasteiger partial charge in [0.1, 0.15) is 10.8 Å². The molecule has 1 N–H and O–H groups in total. The fourth-order valence-corrected chi connectivity index (χ4v) is 3.42. The molecule has 0 aliphatic carbocycles. The monoisotopic (exact) mass is 316 g/mol. The molecule has 0 spiro atoms. The van der Waals surface area contributed by atoms with E-state index in [1.165, 1.54) is 16.8 Å². The number of rotatable bonds is 5. The van der Waals surface area contributed by atoms with Crippen molar-refractivity contribution in [2.24, 2.45) is 0 Å².